The van der Waals surface area contributed by atoms with Crippen molar-refractivity contribution in [2.75, 3.05) is 38.9 Å². The summed E-state index contributed by atoms with van der Waals surface area (Å²) in [5.41, 5.74) is 2.78. The molecular formula is C13H21ClN4O3. The fourth-order valence-corrected chi connectivity index (χ4v) is 1.79. The number of halogens is 1. The number of amides is 1. The summed E-state index contributed by atoms with van der Waals surface area (Å²) in [6.45, 7) is 2.41. The van der Waals surface area contributed by atoms with E-state index < -0.39 is 0 Å². The second-order valence-corrected chi connectivity index (χ2v) is 4.66. The van der Waals surface area contributed by atoms with E-state index in [1.54, 1.807) is 7.11 Å². The molecule has 1 heterocycles. The number of rotatable bonds is 10. The first-order chi connectivity index (χ1) is 10.2. The summed E-state index contributed by atoms with van der Waals surface area (Å²) in [5.74, 6) is 5.39. The van der Waals surface area contributed by atoms with E-state index in [1.807, 2.05) is 0 Å². The van der Waals surface area contributed by atoms with Gasteiger partial charge in [0.15, 0.2) is 0 Å². The van der Waals surface area contributed by atoms with Gasteiger partial charge in [0, 0.05) is 25.8 Å². The molecule has 1 aromatic rings. The number of hydrazine groups is 1. The van der Waals surface area contributed by atoms with E-state index in [2.05, 4.69) is 15.7 Å². The summed E-state index contributed by atoms with van der Waals surface area (Å²) in [7, 11) is 1.63. The molecule has 7 nitrogen and oxygen atoms in total. The van der Waals surface area contributed by atoms with Gasteiger partial charge in [0.05, 0.1) is 13.2 Å². The van der Waals surface area contributed by atoms with Crippen LogP contribution in [0.5, 0.6) is 0 Å². The van der Waals surface area contributed by atoms with Crippen molar-refractivity contribution in [1.29, 1.82) is 0 Å². The molecule has 8 heteroatoms. The van der Waals surface area contributed by atoms with Crippen LogP contribution in [0.2, 0.25) is 5.15 Å². The molecule has 0 unspecified atom stereocenters. The minimum Gasteiger partial charge on any atom is -0.382 e. The molecule has 21 heavy (non-hydrogen) atoms. The summed E-state index contributed by atoms with van der Waals surface area (Å²) >= 11 is 5.80. The van der Waals surface area contributed by atoms with E-state index in [4.69, 9.17) is 26.9 Å². The molecule has 1 amide bonds. The average Bonchev–Trinajstić information content (AvgIpc) is 2.49. The second kappa shape index (κ2) is 10.3. The lowest BCUT2D eigenvalue weighted by Crippen LogP contribution is -2.25. The van der Waals surface area contributed by atoms with E-state index in [0.717, 1.165) is 12.8 Å². The number of ether oxygens (including phenoxy) is 2. The van der Waals surface area contributed by atoms with Crippen molar-refractivity contribution in [3.8, 4) is 0 Å². The highest BCUT2D eigenvalue weighted by Crippen LogP contribution is 2.13. The van der Waals surface area contributed by atoms with Crippen molar-refractivity contribution in [1.82, 2.24) is 10.3 Å². The van der Waals surface area contributed by atoms with Crippen molar-refractivity contribution in [3.63, 3.8) is 0 Å². The Kier molecular flexibility index (Phi) is 8.68. The number of hydrogen-bond donors (Lipinski definition) is 3. The Hall–Kier alpha value is -1.41. The fraction of sp³-hybridized carbons (Fsp3) is 0.538. The first kappa shape index (κ1) is 17.6. The highest BCUT2D eigenvalue weighted by atomic mass is 35.5. The number of nitrogens with one attached hydrogen (secondary N) is 2. The fourth-order valence-electron chi connectivity index (χ4n) is 1.58. The number of nitrogen functional groups attached to an aromatic ring is 1. The molecule has 1 rings (SSSR count). The van der Waals surface area contributed by atoms with Gasteiger partial charge in [-0.3, -0.25) is 4.79 Å². The van der Waals surface area contributed by atoms with E-state index in [-0.39, 0.29) is 11.1 Å². The lowest BCUT2D eigenvalue weighted by molar-refractivity contribution is 0.0686. The summed E-state index contributed by atoms with van der Waals surface area (Å²) in [6, 6.07) is 3.03. The molecule has 0 bridgehead atoms. The van der Waals surface area contributed by atoms with Crippen LogP contribution in [0.4, 0.5) is 5.82 Å². The predicted octanol–water partition coefficient (Wildman–Crippen LogP) is 1.19. The number of carbonyl (C=O) groups excluding carboxylic acids is 1. The highest BCUT2D eigenvalue weighted by molar-refractivity contribution is 6.29. The van der Waals surface area contributed by atoms with Crippen LogP contribution in [-0.4, -0.2) is 44.4 Å². The van der Waals surface area contributed by atoms with Gasteiger partial charge < -0.3 is 20.2 Å². The van der Waals surface area contributed by atoms with Gasteiger partial charge in [-0.2, -0.15) is 0 Å². The molecule has 0 fully saturated rings. The van der Waals surface area contributed by atoms with Crippen molar-refractivity contribution < 1.29 is 14.3 Å². The lowest BCUT2D eigenvalue weighted by Gasteiger charge is -2.07. The predicted molar refractivity (Wildman–Crippen MR) is 81.3 cm³/mol. The lowest BCUT2D eigenvalue weighted by atomic mass is 10.2. The molecule has 1 aromatic heterocycles. The zero-order valence-electron chi connectivity index (χ0n) is 12.0. The molecular weight excluding hydrogens is 296 g/mol. The standard InChI is InChI=1S/C13H21ClN4O3/c1-20-6-7-21-5-3-2-4-16-13(19)10-8-11(14)17-12(9-10)18-15/h8-9H,2-7,15H2,1H3,(H,16,19)(H,17,18). The largest absolute Gasteiger partial charge is 0.382 e. The van der Waals surface area contributed by atoms with Gasteiger partial charge >= 0.3 is 0 Å². The van der Waals surface area contributed by atoms with Crippen molar-refractivity contribution in [2.45, 2.75) is 12.8 Å². The summed E-state index contributed by atoms with van der Waals surface area (Å²) in [5, 5.41) is 3.02. The third-order valence-corrected chi connectivity index (χ3v) is 2.83. The molecule has 0 aliphatic heterocycles. The number of nitrogens with two attached hydrogens (primary N) is 1. The highest BCUT2D eigenvalue weighted by Gasteiger charge is 2.08. The SMILES string of the molecule is COCCOCCCCNC(=O)c1cc(Cl)nc(NN)c1. The molecule has 0 aliphatic rings. The number of methoxy groups -OCH3 is 1. The van der Waals surface area contributed by atoms with Crippen LogP contribution in [-0.2, 0) is 9.47 Å². The first-order valence-electron chi connectivity index (χ1n) is 6.66. The van der Waals surface area contributed by atoms with Crippen LogP contribution in [0.1, 0.15) is 23.2 Å². The van der Waals surface area contributed by atoms with E-state index in [0.29, 0.717) is 37.7 Å². The quantitative estimate of drug-likeness (QED) is 0.260. The minimum atomic E-state index is -0.212. The topological polar surface area (TPSA) is 98.5 Å². The monoisotopic (exact) mass is 316 g/mol. The number of anilines is 1. The summed E-state index contributed by atoms with van der Waals surface area (Å²) < 4.78 is 10.2. The van der Waals surface area contributed by atoms with Crippen molar-refractivity contribution >= 4 is 23.3 Å². The number of carbonyl (C=O) groups is 1. The Morgan fingerprint density at radius 1 is 1.33 bits per heavy atom. The van der Waals surface area contributed by atoms with Gasteiger partial charge in [0.1, 0.15) is 11.0 Å². The van der Waals surface area contributed by atoms with E-state index in [9.17, 15) is 4.79 Å². The molecule has 0 spiro atoms. The molecule has 0 saturated carbocycles. The third-order valence-electron chi connectivity index (χ3n) is 2.64. The smallest absolute Gasteiger partial charge is 0.251 e. The third kappa shape index (κ3) is 7.24. The normalized spacial score (nSPS) is 10.4. The number of unbranched alkanes of at least 4 members (excludes halogenated alkanes) is 1. The van der Waals surface area contributed by atoms with Crippen LogP contribution >= 0.6 is 11.6 Å². The molecule has 0 saturated heterocycles. The van der Waals surface area contributed by atoms with Crippen LogP contribution in [0.15, 0.2) is 12.1 Å². The maximum atomic E-state index is 11.9. The minimum absolute atomic E-state index is 0.210. The number of hydrogen-bond acceptors (Lipinski definition) is 6. The van der Waals surface area contributed by atoms with Crippen LogP contribution < -0.4 is 16.6 Å². The van der Waals surface area contributed by atoms with Gasteiger partial charge in [-0.15, -0.1) is 0 Å². The Morgan fingerprint density at radius 3 is 2.86 bits per heavy atom. The van der Waals surface area contributed by atoms with E-state index in [1.165, 1.54) is 12.1 Å². The number of nitrogens with zero attached hydrogens (tertiary/aromatic N) is 1. The Bertz CT molecular complexity index is 445. The molecule has 0 radical (unpaired) electrons. The van der Waals surface area contributed by atoms with Crippen LogP contribution in [0, 0.1) is 0 Å². The number of pyridine rings is 1. The van der Waals surface area contributed by atoms with Gasteiger partial charge in [-0.25, -0.2) is 10.8 Å². The Labute approximate surface area is 129 Å². The van der Waals surface area contributed by atoms with Gasteiger partial charge in [-0.1, -0.05) is 11.6 Å². The molecule has 0 aliphatic carbocycles. The number of aromatic nitrogens is 1. The van der Waals surface area contributed by atoms with Gasteiger partial charge in [0.2, 0.25) is 0 Å². The van der Waals surface area contributed by atoms with Gasteiger partial charge in [-0.05, 0) is 25.0 Å². The molecule has 0 aromatic carbocycles. The summed E-state index contributed by atoms with van der Waals surface area (Å²) in [6.07, 6.45) is 1.70. The Balaban J connectivity index is 2.23. The molecule has 118 valence electrons. The maximum absolute atomic E-state index is 11.9. The van der Waals surface area contributed by atoms with Crippen LogP contribution in [0.25, 0.3) is 0 Å². The first-order valence-corrected chi connectivity index (χ1v) is 7.04. The molecule has 0 atom stereocenters. The Morgan fingerprint density at radius 2 is 2.14 bits per heavy atom. The van der Waals surface area contributed by atoms with E-state index >= 15 is 0 Å². The zero-order valence-corrected chi connectivity index (χ0v) is 12.8. The molecule has 4 N–H and O–H groups in total. The average molecular weight is 317 g/mol. The summed E-state index contributed by atoms with van der Waals surface area (Å²) in [4.78, 5) is 15.8. The van der Waals surface area contributed by atoms with Crippen molar-refractivity contribution in [3.05, 3.63) is 22.8 Å². The zero-order chi connectivity index (χ0) is 15.5. The maximum Gasteiger partial charge on any atom is 0.251 e. The van der Waals surface area contributed by atoms with Crippen LogP contribution in [0.3, 0.4) is 0 Å². The van der Waals surface area contributed by atoms with Gasteiger partial charge in [0.25, 0.3) is 5.91 Å². The second-order valence-electron chi connectivity index (χ2n) is 4.28. The van der Waals surface area contributed by atoms with Crippen molar-refractivity contribution in [2.24, 2.45) is 5.84 Å².